The van der Waals surface area contributed by atoms with Crippen molar-refractivity contribution in [2.45, 2.75) is 32.6 Å². The number of hydrogen-bond acceptors (Lipinski definition) is 4. The molecule has 0 saturated carbocycles. The quantitative estimate of drug-likeness (QED) is 0.647. The molecule has 5 nitrogen and oxygen atoms in total. The van der Waals surface area contributed by atoms with Crippen molar-refractivity contribution in [2.24, 2.45) is 5.10 Å². The molecule has 2 aromatic carbocycles. The van der Waals surface area contributed by atoms with E-state index in [4.69, 9.17) is 4.74 Å². The Morgan fingerprint density at radius 1 is 1.20 bits per heavy atom. The Morgan fingerprint density at radius 3 is 2.48 bits per heavy atom. The Labute approximate surface area is 148 Å². The van der Waals surface area contributed by atoms with Crippen LogP contribution in [0.25, 0.3) is 0 Å². The van der Waals surface area contributed by atoms with Crippen LogP contribution in [-0.2, 0) is 16.6 Å². The minimum absolute atomic E-state index is 0.0578. The molecule has 0 heterocycles. The number of phenols is 1. The van der Waals surface area contributed by atoms with Gasteiger partial charge in [-0.2, -0.15) is 5.10 Å². The van der Waals surface area contributed by atoms with Crippen molar-refractivity contribution in [3.63, 3.8) is 0 Å². The van der Waals surface area contributed by atoms with Crippen LogP contribution in [0.2, 0.25) is 0 Å². The number of methoxy groups -OCH3 is 1. The Hall–Kier alpha value is -2.82. The van der Waals surface area contributed by atoms with E-state index in [2.05, 4.69) is 43.4 Å². The fourth-order valence-corrected chi connectivity index (χ4v) is 2.30. The summed E-state index contributed by atoms with van der Waals surface area (Å²) in [6.45, 7) is 6.46. The molecule has 0 radical (unpaired) electrons. The first-order valence-corrected chi connectivity index (χ1v) is 8.08. The van der Waals surface area contributed by atoms with Crippen molar-refractivity contribution < 1.29 is 14.6 Å². The van der Waals surface area contributed by atoms with Crippen LogP contribution in [0.3, 0.4) is 0 Å². The van der Waals surface area contributed by atoms with Crippen molar-refractivity contribution in [3.05, 3.63) is 59.2 Å². The highest BCUT2D eigenvalue weighted by molar-refractivity contribution is 5.84. The van der Waals surface area contributed by atoms with Crippen LogP contribution in [0.4, 0.5) is 0 Å². The Balaban J connectivity index is 1.92. The Morgan fingerprint density at radius 2 is 1.88 bits per heavy atom. The van der Waals surface area contributed by atoms with E-state index in [-0.39, 0.29) is 23.5 Å². The van der Waals surface area contributed by atoms with Gasteiger partial charge in [0.1, 0.15) is 0 Å². The summed E-state index contributed by atoms with van der Waals surface area (Å²) in [6, 6.07) is 12.9. The van der Waals surface area contributed by atoms with Gasteiger partial charge >= 0.3 is 0 Å². The fraction of sp³-hybridized carbons (Fsp3) is 0.300. The van der Waals surface area contributed by atoms with Gasteiger partial charge in [0.25, 0.3) is 0 Å². The number of rotatable bonds is 5. The number of hydrazone groups is 1. The molecule has 0 fully saturated rings. The largest absolute Gasteiger partial charge is 0.504 e. The highest BCUT2D eigenvalue weighted by Gasteiger charge is 2.13. The molecule has 5 heteroatoms. The molecule has 0 aliphatic heterocycles. The summed E-state index contributed by atoms with van der Waals surface area (Å²) in [5.74, 6) is 0.224. The molecular weight excluding hydrogens is 316 g/mol. The molecule has 2 rings (SSSR count). The van der Waals surface area contributed by atoms with Crippen LogP contribution in [0.1, 0.15) is 37.5 Å². The Bertz CT molecular complexity index is 760. The summed E-state index contributed by atoms with van der Waals surface area (Å²) in [4.78, 5) is 12.0. The number of carbonyl (C=O) groups is 1. The standard InChI is InChI=1S/C20H24N2O3/c1-20(2,3)16-8-5-14(6-9-16)12-19(24)22-21-13-15-7-10-17(23)18(11-15)25-4/h5-11,13,23H,12H2,1-4H3,(H,22,24)/b21-13-. The molecule has 0 unspecified atom stereocenters. The second kappa shape index (κ2) is 7.83. The highest BCUT2D eigenvalue weighted by Crippen LogP contribution is 2.25. The lowest BCUT2D eigenvalue weighted by Gasteiger charge is -2.19. The predicted molar refractivity (Wildman–Crippen MR) is 99.2 cm³/mol. The molecule has 0 aromatic heterocycles. The van der Waals surface area contributed by atoms with Gasteiger partial charge in [0.05, 0.1) is 19.7 Å². The second-order valence-corrected chi connectivity index (χ2v) is 6.85. The smallest absolute Gasteiger partial charge is 0.244 e. The number of amides is 1. The number of benzene rings is 2. The van der Waals surface area contributed by atoms with Gasteiger partial charge in [-0.1, -0.05) is 45.0 Å². The van der Waals surface area contributed by atoms with E-state index in [0.29, 0.717) is 11.3 Å². The van der Waals surface area contributed by atoms with Crippen LogP contribution in [0.5, 0.6) is 11.5 Å². The average Bonchev–Trinajstić information content (AvgIpc) is 2.56. The minimum Gasteiger partial charge on any atom is -0.504 e. The van der Waals surface area contributed by atoms with Gasteiger partial charge in [-0.15, -0.1) is 0 Å². The number of nitrogens with one attached hydrogen (secondary N) is 1. The molecule has 25 heavy (non-hydrogen) atoms. The molecule has 0 saturated heterocycles. The Kier molecular flexibility index (Phi) is 5.80. The van der Waals surface area contributed by atoms with E-state index in [1.165, 1.54) is 25.0 Å². The number of carbonyl (C=O) groups excluding carboxylic acids is 1. The maximum absolute atomic E-state index is 12.0. The van der Waals surface area contributed by atoms with E-state index in [1.54, 1.807) is 12.1 Å². The van der Waals surface area contributed by atoms with E-state index < -0.39 is 0 Å². The first-order chi connectivity index (χ1) is 11.8. The fourth-order valence-electron chi connectivity index (χ4n) is 2.30. The molecule has 0 spiro atoms. The third kappa shape index (κ3) is 5.35. The zero-order valence-electron chi connectivity index (χ0n) is 15.0. The monoisotopic (exact) mass is 340 g/mol. The topological polar surface area (TPSA) is 70.9 Å². The van der Waals surface area contributed by atoms with Crippen LogP contribution in [-0.4, -0.2) is 24.3 Å². The molecule has 2 N–H and O–H groups in total. The van der Waals surface area contributed by atoms with Crippen LogP contribution < -0.4 is 10.2 Å². The lowest BCUT2D eigenvalue weighted by Crippen LogP contribution is -2.20. The molecule has 0 aliphatic carbocycles. The lowest BCUT2D eigenvalue weighted by atomic mass is 9.86. The summed E-state index contributed by atoms with van der Waals surface area (Å²) in [5.41, 5.74) is 5.48. The first kappa shape index (κ1) is 18.5. The maximum atomic E-state index is 12.0. The zero-order valence-corrected chi connectivity index (χ0v) is 15.0. The molecule has 1 amide bonds. The number of phenolic OH excluding ortho intramolecular Hbond substituents is 1. The van der Waals surface area contributed by atoms with Crippen molar-refractivity contribution in [1.29, 1.82) is 0 Å². The van der Waals surface area contributed by atoms with Crippen LogP contribution in [0, 0.1) is 0 Å². The third-order valence-corrected chi connectivity index (χ3v) is 3.79. The first-order valence-electron chi connectivity index (χ1n) is 8.08. The van der Waals surface area contributed by atoms with Gasteiger partial charge < -0.3 is 9.84 Å². The van der Waals surface area contributed by atoms with Gasteiger partial charge in [-0.05, 0) is 40.3 Å². The zero-order chi connectivity index (χ0) is 18.4. The highest BCUT2D eigenvalue weighted by atomic mass is 16.5. The predicted octanol–water partition coefficient (Wildman–Crippen LogP) is 3.39. The summed E-state index contributed by atoms with van der Waals surface area (Å²) in [5, 5.41) is 13.5. The minimum atomic E-state index is -0.189. The van der Waals surface area contributed by atoms with Gasteiger partial charge in [-0.3, -0.25) is 4.79 Å². The normalized spacial score (nSPS) is 11.5. The van der Waals surface area contributed by atoms with Crippen LogP contribution in [0.15, 0.2) is 47.6 Å². The van der Waals surface area contributed by atoms with Crippen LogP contribution >= 0.6 is 0 Å². The number of aromatic hydroxyl groups is 1. The van der Waals surface area contributed by atoms with E-state index >= 15 is 0 Å². The van der Waals surface area contributed by atoms with E-state index in [1.807, 2.05) is 12.1 Å². The SMILES string of the molecule is COc1cc(/C=N\NC(=O)Cc2ccc(C(C)(C)C)cc2)ccc1O. The summed E-state index contributed by atoms with van der Waals surface area (Å²) in [7, 11) is 1.47. The molecule has 2 aromatic rings. The van der Waals surface area contributed by atoms with E-state index in [9.17, 15) is 9.90 Å². The average molecular weight is 340 g/mol. The van der Waals surface area contributed by atoms with Gasteiger partial charge in [0.15, 0.2) is 11.5 Å². The van der Waals surface area contributed by atoms with Crippen molar-refractivity contribution in [2.75, 3.05) is 7.11 Å². The molecule has 0 bridgehead atoms. The van der Waals surface area contributed by atoms with Gasteiger partial charge in [-0.25, -0.2) is 5.43 Å². The molecule has 0 atom stereocenters. The van der Waals surface area contributed by atoms with Crippen molar-refractivity contribution >= 4 is 12.1 Å². The number of ether oxygens (including phenoxy) is 1. The van der Waals surface area contributed by atoms with Crippen molar-refractivity contribution in [3.8, 4) is 11.5 Å². The van der Waals surface area contributed by atoms with Gasteiger partial charge in [0.2, 0.25) is 5.91 Å². The molecular formula is C20H24N2O3. The van der Waals surface area contributed by atoms with E-state index in [0.717, 1.165) is 5.56 Å². The third-order valence-electron chi connectivity index (χ3n) is 3.79. The summed E-state index contributed by atoms with van der Waals surface area (Å²) >= 11 is 0. The molecule has 0 aliphatic rings. The maximum Gasteiger partial charge on any atom is 0.244 e. The lowest BCUT2D eigenvalue weighted by molar-refractivity contribution is -0.120. The number of nitrogens with zero attached hydrogens (tertiary/aromatic N) is 1. The second-order valence-electron chi connectivity index (χ2n) is 6.85. The molecule has 132 valence electrons. The summed E-state index contributed by atoms with van der Waals surface area (Å²) < 4.78 is 5.03. The summed E-state index contributed by atoms with van der Waals surface area (Å²) in [6.07, 6.45) is 1.77. The van der Waals surface area contributed by atoms with Crippen molar-refractivity contribution in [1.82, 2.24) is 5.43 Å². The number of hydrogen-bond donors (Lipinski definition) is 2. The van der Waals surface area contributed by atoms with Gasteiger partial charge in [0, 0.05) is 0 Å².